The molecular weight excluding hydrogens is 418 g/mol. The minimum atomic E-state index is -0.504. The Morgan fingerprint density at radius 2 is 1.85 bits per heavy atom. The second-order valence-electron chi connectivity index (χ2n) is 7.41. The first kappa shape index (κ1) is 22.2. The van der Waals surface area contributed by atoms with E-state index in [1.807, 2.05) is 60.7 Å². The molecule has 1 atom stereocenters. The number of ether oxygens (including phenoxy) is 1. The van der Waals surface area contributed by atoms with Crippen molar-refractivity contribution in [3.63, 3.8) is 0 Å². The first-order chi connectivity index (χ1) is 16.2. The summed E-state index contributed by atoms with van der Waals surface area (Å²) >= 11 is 0. The molecule has 4 N–H and O–H groups in total. The number of aromatic nitrogens is 3. The van der Waals surface area contributed by atoms with E-state index in [1.54, 1.807) is 25.6 Å². The number of anilines is 2. The van der Waals surface area contributed by atoms with Crippen LogP contribution in [-0.4, -0.2) is 39.7 Å². The van der Waals surface area contributed by atoms with Gasteiger partial charge in [-0.3, -0.25) is 4.79 Å². The quantitative estimate of drug-likeness (QED) is 0.313. The Bertz CT molecular complexity index is 1200. The minimum Gasteiger partial charge on any atom is -0.394 e. The molecule has 4 rings (SSSR count). The van der Waals surface area contributed by atoms with Crippen molar-refractivity contribution in [1.29, 1.82) is 0 Å². The van der Waals surface area contributed by atoms with Gasteiger partial charge in [-0.25, -0.2) is 9.97 Å². The zero-order chi connectivity index (χ0) is 23.0. The molecule has 0 fully saturated rings. The van der Waals surface area contributed by atoms with Gasteiger partial charge in [-0.2, -0.15) is 0 Å². The standard InChI is InChI=1S/C25H25N5O3/c1-33-16-19-14-27-25(28-20-10-6-3-7-11-20)30-23(19)18-12-21(26-13-18)24(32)29-22(15-31)17-8-4-2-5-9-17/h2-14,22,26,31H,15-16H2,1H3,(H,29,32)(H,27,28,30). The zero-order valence-electron chi connectivity index (χ0n) is 18.2. The molecule has 0 aliphatic heterocycles. The summed E-state index contributed by atoms with van der Waals surface area (Å²) in [4.78, 5) is 24.9. The van der Waals surface area contributed by atoms with Gasteiger partial charge in [0.25, 0.3) is 5.91 Å². The Hall–Kier alpha value is -4.01. The molecule has 0 saturated carbocycles. The van der Waals surface area contributed by atoms with Crippen molar-refractivity contribution in [1.82, 2.24) is 20.3 Å². The third-order valence-corrected chi connectivity index (χ3v) is 5.09. The first-order valence-corrected chi connectivity index (χ1v) is 10.5. The van der Waals surface area contributed by atoms with Crippen LogP contribution in [0, 0.1) is 0 Å². The summed E-state index contributed by atoms with van der Waals surface area (Å²) in [5.41, 5.74) is 4.23. The van der Waals surface area contributed by atoms with E-state index in [2.05, 4.69) is 25.6 Å². The van der Waals surface area contributed by atoms with Gasteiger partial charge in [0.1, 0.15) is 5.69 Å². The van der Waals surface area contributed by atoms with Crippen molar-refractivity contribution in [3.05, 3.63) is 95.9 Å². The van der Waals surface area contributed by atoms with Gasteiger partial charge in [0.05, 0.1) is 24.9 Å². The molecule has 1 amide bonds. The number of aliphatic hydroxyl groups excluding tert-OH is 1. The van der Waals surface area contributed by atoms with Crippen LogP contribution in [0.2, 0.25) is 0 Å². The number of hydrogen-bond acceptors (Lipinski definition) is 6. The molecule has 0 saturated heterocycles. The molecule has 2 aromatic heterocycles. The van der Waals surface area contributed by atoms with Crippen LogP contribution in [0.4, 0.5) is 11.6 Å². The fourth-order valence-electron chi connectivity index (χ4n) is 3.45. The molecule has 0 spiro atoms. The van der Waals surface area contributed by atoms with E-state index < -0.39 is 6.04 Å². The van der Waals surface area contributed by atoms with Crippen LogP contribution in [0.25, 0.3) is 11.3 Å². The lowest BCUT2D eigenvalue weighted by Crippen LogP contribution is -2.30. The third-order valence-electron chi connectivity index (χ3n) is 5.09. The summed E-state index contributed by atoms with van der Waals surface area (Å²) in [5, 5.41) is 15.8. The fraction of sp³-hybridized carbons (Fsp3) is 0.160. The van der Waals surface area contributed by atoms with Gasteiger partial charge in [0.2, 0.25) is 5.95 Å². The summed E-state index contributed by atoms with van der Waals surface area (Å²) < 4.78 is 5.30. The fourth-order valence-corrected chi connectivity index (χ4v) is 3.45. The van der Waals surface area contributed by atoms with Crippen LogP contribution in [0.1, 0.15) is 27.7 Å². The molecule has 8 heteroatoms. The number of aliphatic hydroxyl groups is 1. The molecule has 8 nitrogen and oxygen atoms in total. The zero-order valence-corrected chi connectivity index (χ0v) is 18.2. The Morgan fingerprint density at radius 1 is 1.12 bits per heavy atom. The first-order valence-electron chi connectivity index (χ1n) is 10.5. The van der Waals surface area contributed by atoms with Crippen molar-refractivity contribution >= 4 is 17.5 Å². The number of amides is 1. The summed E-state index contributed by atoms with van der Waals surface area (Å²) in [5.74, 6) is 0.113. The van der Waals surface area contributed by atoms with Crippen molar-refractivity contribution < 1.29 is 14.6 Å². The number of benzene rings is 2. The molecule has 33 heavy (non-hydrogen) atoms. The van der Waals surface area contributed by atoms with Crippen LogP contribution in [0.5, 0.6) is 0 Å². The molecule has 0 bridgehead atoms. The van der Waals surface area contributed by atoms with Gasteiger partial charge in [-0.05, 0) is 23.8 Å². The summed E-state index contributed by atoms with van der Waals surface area (Å²) in [6.07, 6.45) is 3.43. The molecule has 1 unspecified atom stereocenters. The van der Waals surface area contributed by atoms with Crippen molar-refractivity contribution in [3.8, 4) is 11.3 Å². The maximum Gasteiger partial charge on any atom is 0.268 e. The van der Waals surface area contributed by atoms with Gasteiger partial charge < -0.3 is 25.5 Å². The Balaban J connectivity index is 1.57. The highest BCUT2D eigenvalue weighted by Crippen LogP contribution is 2.25. The number of nitrogens with zero attached hydrogens (tertiary/aromatic N) is 2. The lowest BCUT2D eigenvalue weighted by molar-refractivity contribution is 0.0912. The van der Waals surface area contributed by atoms with Gasteiger partial charge in [-0.15, -0.1) is 0 Å². The van der Waals surface area contributed by atoms with E-state index in [0.29, 0.717) is 23.9 Å². The predicted octanol–water partition coefficient (Wildman–Crippen LogP) is 3.83. The number of carbonyl (C=O) groups is 1. The summed E-state index contributed by atoms with van der Waals surface area (Å²) in [6, 6.07) is 20.2. The number of nitrogens with one attached hydrogen (secondary N) is 3. The number of rotatable bonds is 9. The minimum absolute atomic E-state index is 0.207. The largest absolute Gasteiger partial charge is 0.394 e. The maximum atomic E-state index is 12.8. The van der Waals surface area contributed by atoms with Crippen LogP contribution in [-0.2, 0) is 11.3 Å². The number of para-hydroxylation sites is 1. The average molecular weight is 444 g/mol. The number of carbonyl (C=O) groups excluding carboxylic acids is 1. The van der Waals surface area contributed by atoms with Crippen LogP contribution in [0.15, 0.2) is 79.1 Å². The highest BCUT2D eigenvalue weighted by molar-refractivity contribution is 5.94. The van der Waals surface area contributed by atoms with Crippen LogP contribution in [0.3, 0.4) is 0 Å². The second-order valence-corrected chi connectivity index (χ2v) is 7.41. The lowest BCUT2D eigenvalue weighted by atomic mass is 10.1. The van der Waals surface area contributed by atoms with E-state index in [-0.39, 0.29) is 12.5 Å². The molecular formula is C25H25N5O3. The monoisotopic (exact) mass is 443 g/mol. The molecule has 2 aromatic carbocycles. The Labute approximate surface area is 191 Å². The summed E-state index contributed by atoms with van der Waals surface area (Å²) in [6.45, 7) is 0.121. The number of methoxy groups -OCH3 is 1. The van der Waals surface area contributed by atoms with E-state index in [1.165, 1.54) is 0 Å². The van der Waals surface area contributed by atoms with Gasteiger partial charge in [-0.1, -0.05) is 48.5 Å². The topological polar surface area (TPSA) is 112 Å². The van der Waals surface area contributed by atoms with E-state index in [0.717, 1.165) is 22.4 Å². The van der Waals surface area contributed by atoms with Crippen LogP contribution < -0.4 is 10.6 Å². The molecule has 2 heterocycles. The third kappa shape index (κ3) is 5.43. The van der Waals surface area contributed by atoms with Gasteiger partial charge in [0, 0.05) is 36.3 Å². The van der Waals surface area contributed by atoms with Gasteiger partial charge in [0.15, 0.2) is 0 Å². The van der Waals surface area contributed by atoms with Crippen molar-refractivity contribution in [2.45, 2.75) is 12.6 Å². The summed E-state index contributed by atoms with van der Waals surface area (Å²) in [7, 11) is 1.61. The average Bonchev–Trinajstić information content (AvgIpc) is 3.35. The second kappa shape index (κ2) is 10.5. The molecule has 0 radical (unpaired) electrons. The van der Waals surface area contributed by atoms with Crippen molar-refractivity contribution in [2.24, 2.45) is 0 Å². The molecule has 0 aliphatic rings. The number of H-pyrrole nitrogens is 1. The SMILES string of the molecule is COCc1cnc(Nc2ccccc2)nc1-c1c[nH]c(C(=O)NC(CO)c2ccccc2)c1. The van der Waals surface area contributed by atoms with Crippen molar-refractivity contribution in [2.75, 3.05) is 19.0 Å². The van der Waals surface area contributed by atoms with E-state index in [9.17, 15) is 9.90 Å². The Morgan fingerprint density at radius 3 is 2.55 bits per heavy atom. The van der Waals surface area contributed by atoms with Gasteiger partial charge >= 0.3 is 0 Å². The number of aromatic amines is 1. The highest BCUT2D eigenvalue weighted by atomic mass is 16.5. The smallest absolute Gasteiger partial charge is 0.268 e. The van der Waals surface area contributed by atoms with Crippen LogP contribution >= 0.6 is 0 Å². The highest BCUT2D eigenvalue weighted by Gasteiger charge is 2.18. The Kier molecular flexibility index (Phi) is 7.09. The molecule has 4 aromatic rings. The van der Waals surface area contributed by atoms with E-state index in [4.69, 9.17) is 4.74 Å². The molecule has 168 valence electrons. The van der Waals surface area contributed by atoms with E-state index >= 15 is 0 Å². The number of hydrogen-bond donors (Lipinski definition) is 4. The lowest BCUT2D eigenvalue weighted by Gasteiger charge is -2.16. The molecule has 0 aliphatic carbocycles. The normalized spacial score (nSPS) is 11.7. The predicted molar refractivity (Wildman–Crippen MR) is 126 cm³/mol. The maximum absolute atomic E-state index is 12.8.